The lowest BCUT2D eigenvalue weighted by Crippen LogP contribution is -2.27. The second-order valence-electron chi connectivity index (χ2n) is 7.07. The molecular weight excluding hydrogens is 286 g/mol. The Morgan fingerprint density at radius 2 is 2.24 bits per heavy atom. The number of nitrogens with zero attached hydrogens (tertiary/aromatic N) is 2. The average molecular weight is 310 g/mol. The van der Waals surface area contributed by atoms with E-state index >= 15 is 0 Å². The fourth-order valence-corrected chi connectivity index (χ4v) is 4.14. The molecule has 1 N–H and O–H groups in total. The molecule has 21 heavy (non-hydrogen) atoms. The van der Waals surface area contributed by atoms with Crippen molar-refractivity contribution in [3.8, 4) is 0 Å². The normalized spacial score (nSPS) is 27.5. The lowest BCUT2D eigenvalue weighted by Gasteiger charge is -2.22. The van der Waals surface area contributed by atoms with Gasteiger partial charge in [-0.1, -0.05) is 31.9 Å². The molecule has 0 saturated heterocycles. The Bertz CT molecular complexity index is 569. The van der Waals surface area contributed by atoms with Gasteiger partial charge in [0.15, 0.2) is 0 Å². The summed E-state index contributed by atoms with van der Waals surface area (Å²) in [4.78, 5) is 12.2. The molecule has 2 saturated carbocycles. The molecule has 0 amide bonds. The molecule has 3 rings (SSSR count). The minimum absolute atomic E-state index is 0.191. The van der Waals surface area contributed by atoms with Crippen LogP contribution < -0.4 is 10.9 Å². The van der Waals surface area contributed by atoms with Gasteiger partial charge in [0.2, 0.25) is 0 Å². The Kier molecular flexibility index (Phi) is 4.25. The number of anilines is 1. The van der Waals surface area contributed by atoms with Crippen molar-refractivity contribution in [2.24, 2.45) is 23.7 Å². The van der Waals surface area contributed by atoms with Gasteiger partial charge in [-0.25, -0.2) is 4.68 Å². The number of rotatable bonds is 5. The number of aromatic nitrogens is 2. The molecular formula is C16H24ClN3O. The first-order valence-corrected chi connectivity index (χ1v) is 8.42. The highest BCUT2D eigenvalue weighted by Crippen LogP contribution is 2.48. The zero-order valence-corrected chi connectivity index (χ0v) is 13.6. The van der Waals surface area contributed by atoms with E-state index in [1.165, 1.54) is 30.4 Å². The van der Waals surface area contributed by atoms with Crippen LogP contribution in [0.2, 0.25) is 5.02 Å². The monoisotopic (exact) mass is 309 g/mol. The number of nitrogens with one attached hydrogen (secondary N) is 1. The van der Waals surface area contributed by atoms with Crippen LogP contribution in [0, 0.1) is 23.7 Å². The second kappa shape index (κ2) is 5.99. The number of fused-ring (bicyclic) bond motifs is 2. The Hall–Kier alpha value is -1.03. The van der Waals surface area contributed by atoms with E-state index < -0.39 is 0 Å². The maximum Gasteiger partial charge on any atom is 0.287 e. The highest BCUT2D eigenvalue weighted by molar-refractivity contribution is 6.32. The Morgan fingerprint density at radius 3 is 2.86 bits per heavy atom. The SMILES string of the molecule is CC(C)Cn1ncc(NCC2CC3CCC2C3)c(Cl)c1=O. The maximum absolute atomic E-state index is 12.2. The summed E-state index contributed by atoms with van der Waals surface area (Å²) in [6.45, 7) is 5.63. The maximum atomic E-state index is 12.2. The molecule has 2 aliphatic carbocycles. The van der Waals surface area contributed by atoms with Gasteiger partial charge in [0.25, 0.3) is 5.56 Å². The van der Waals surface area contributed by atoms with Gasteiger partial charge in [-0.3, -0.25) is 4.79 Å². The fourth-order valence-electron chi connectivity index (χ4n) is 3.93. The van der Waals surface area contributed by atoms with Crippen molar-refractivity contribution in [3.63, 3.8) is 0 Å². The van der Waals surface area contributed by atoms with Crippen molar-refractivity contribution in [3.05, 3.63) is 21.6 Å². The van der Waals surface area contributed by atoms with Crippen molar-refractivity contribution in [2.75, 3.05) is 11.9 Å². The first-order valence-electron chi connectivity index (χ1n) is 8.04. The summed E-state index contributed by atoms with van der Waals surface area (Å²) in [7, 11) is 0. The lowest BCUT2D eigenvalue weighted by molar-refractivity contribution is 0.348. The summed E-state index contributed by atoms with van der Waals surface area (Å²) in [5, 5.41) is 7.85. The van der Waals surface area contributed by atoms with Gasteiger partial charge in [-0.2, -0.15) is 5.10 Å². The molecule has 2 bridgehead atoms. The smallest absolute Gasteiger partial charge is 0.287 e. The predicted octanol–water partition coefficient (Wildman–Crippen LogP) is 3.40. The quantitative estimate of drug-likeness (QED) is 0.907. The van der Waals surface area contributed by atoms with E-state index in [-0.39, 0.29) is 10.6 Å². The summed E-state index contributed by atoms with van der Waals surface area (Å²) in [5.74, 6) is 2.92. The van der Waals surface area contributed by atoms with Gasteiger partial charge >= 0.3 is 0 Å². The largest absolute Gasteiger partial charge is 0.382 e. The predicted molar refractivity (Wildman–Crippen MR) is 85.8 cm³/mol. The zero-order valence-electron chi connectivity index (χ0n) is 12.8. The van der Waals surface area contributed by atoms with Crippen molar-refractivity contribution >= 4 is 17.3 Å². The number of halogens is 1. The molecule has 3 unspecified atom stereocenters. The summed E-state index contributed by atoms with van der Waals surface area (Å²) in [6, 6.07) is 0. The lowest BCUT2D eigenvalue weighted by atomic mass is 9.89. The van der Waals surface area contributed by atoms with Crippen LogP contribution >= 0.6 is 11.6 Å². The van der Waals surface area contributed by atoms with E-state index in [1.54, 1.807) is 6.20 Å². The molecule has 2 fully saturated rings. The van der Waals surface area contributed by atoms with E-state index in [4.69, 9.17) is 11.6 Å². The molecule has 2 aliphatic rings. The van der Waals surface area contributed by atoms with E-state index in [1.807, 2.05) is 0 Å². The van der Waals surface area contributed by atoms with Gasteiger partial charge in [0.05, 0.1) is 11.9 Å². The average Bonchev–Trinajstić information content (AvgIpc) is 3.05. The minimum Gasteiger partial charge on any atom is -0.382 e. The molecule has 3 atom stereocenters. The molecule has 1 aromatic heterocycles. The van der Waals surface area contributed by atoms with E-state index in [0.29, 0.717) is 18.2 Å². The van der Waals surface area contributed by atoms with Crippen LogP contribution in [0.1, 0.15) is 39.5 Å². The van der Waals surface area contributed by atoms with Gasteiger partial charge in [-0.05, 0) is 42.9 Å². The molecule has 1 heterocycles. The van der Waals surface area contributed by atoms with Gasteiger partial charge in [0.1, 0.15) is 5.02 Å². The van der Waals surface area contributed by atoms with Gasteiger partial charge < -0.3 is 5.32 Å². The van der Waals surface area contributed by atoms with Crippen LogP contribution in [-0.4, -0.2) is 16.3 Å². The summed E-state index contributed by atoms with van der Waals surface area (Å²) in [6.07, 6.45) is 7.20. The van der Waals surface area contributed by atoms with Crippen molar-refractivity contribution < 1.29 is 0 Å². The van der Waals surface area contributed by atoms with E-state index in [0.717, 1.165) is 24.3 Å². The van der Waals surface area contributed by atoms with Crippen molar-refractivity contribution in [2.45, 2.75) is 46.1 Å². The van der Waals surface area contributed by atoms with Crippen LogP contribution in [-0.2, 0) is 6.54 Å². The topological polar surface area (TPSA) is 46.9 Å². The third-order valence-corrected chi connectivity index (χ3v) is 5.33. The summed E-state index contributed by atoms with van der Waals surface area (Å²) in [5.41, 5.74) is 0.493. The summed E-state index contributed by atoms with van der Waals surface area (Å²) < 4.78 is 1.45. The molecule has 1 aromatic rings. The second-order valence-corrected chi connectivity index (χ2v) is 7.45. The molecule has 0 aromatic carbocycles. The third-order valence-electron chi connectivity index (χ3n) is 4.96. The molecule has 5 heteroatoms. The molecule has 116 valence electrons. The third kappa shape index (κ3) is 3.10. The number of hydrogen-bond acceptors (Lipinski definition) is 3. The Labute approximate surface area is 130 Å². The van der Waals surface area contributed by atoms with Gasteiger partial charge in [0, 0.05) is 13.1 Å². The van der Waals surface area contributed by atoms with Crippen molar-refractivity contribution in [1.82, 2.24) is 9.78 Å². The molecule has 0 aliphatic heterocycles. The van der Waals surface area contributed by atoms with Crippen LogP contribution in [0.4, 0.5) is 5.69 Å². The fraction of sp³-hybridized carbons (Fsp3) is 0.750. The van der Waals surface area contributed by atoms with Crippen LogP contribution in [0.15, 0.2) is 11.0 Å². The van der Waals surface area contributed by atoms with Gasteiger partial charge in [-0.15, -0.1) is 0 Å². The van der Waals surface area contributed by atoms with E-state index in [9.17, 15) is 4.79 Å². The standard InChI is InChI=1S/C16H24ClN3O/c1-10(2)9-20-16(21)15(17)14(8-19-20)18-7-13-6-11-3-4-12(13)5-11/h8,10-13,18H,3-7,9H2,1-2H3. The van der Waals surface area contributed by atoms with Crippen molar-refractivity contribution in [1.29, 1.82) is 0 Å². The first kappa shape index (κ1) is 14.9. The molecule has 0 radical (unpaired) electrons. The Balaban J connectivity index is 1.66. The zero-order chi connectivity index (χ0) is 15.0. The molecule has 0 spiro atoms. The van der Waals surface area contributed by atoms with Crippen LogP contribution in [0.5, 0.6) is 0 Å². The minimum atomic E-state index is -0.191. The summed E-state index contributed by atoms with van der Waals surface area (Å²) >= 11 is 6.21. The van der Waals surface area contributed by atoms with E-state index in [2.05, 4.69) is 24.3 Å². The first-order chi connectivity index (χ1) is 10.0. The van der Waals surface area contributed by atoms with Crippen LogP contribution in [0.25, 0.3) is 0 Å². The Morgan fingerprint density at radius 1 is 1.43 bits per heavy atom. The molecule has 4 nitrogen and oxygen atoms in total. The highest BCUT2D eigenvalue weighted by atomic mass is 35.5. The highest BCUT2D eigenvalue weighted by Gasteiger charge is 2.39. The van der Waals surface area contributed by atoms with Crippen LogP contribution in [0.3, 0.4) is 0 Å². The number of hydrogen-bond donors (Lipinski definition) is 1.